The minimum atomic E-state index is -4.46. The molecule has 0 aliphatic carbocycles. The van der Waals surface area contributed by atoms with Crippen molar-refractivity contribution in [1.82, 2.24) is 4.31 Å². The molecule has 0 atom stereocenters. The number of nitrogens with zero attached hydrogens (tertiary/aromatic N) is 1. The number of amides is 1. The van der Waals surface area contributed by atoms with Crippen LogP contribution in [0.3, 0.4) is 0 Å². The van der Waals surface area contributed by atoms with Crippen LogP contribution in [0.4, 0.5) is 18.9 Å². The van der Waals surface area contributed by atoms with E-state index >= 15 is 0 Å². The van der Waals surface area contributed by atoms with Crippen LogP contribution in [0.15, 0.2) is 59.5 Å². The monoisotopic (exact) mass is 424 g/mol. The summed E-state index contributed by atoms with van der Waals surface area (Å²) in [4.78, 5) is 12.2. The Bertz CT molecular complexity index is 1010. The number of rotatable bonds is 5. The summed E-state index contributed by atoms with van der Waals surface area (Å²) in [7, 11) is -3.53. The van der Waals surface area contributed by atoms with Gasteiger partial charge in [-0.05, 0) is 60.9 Å². The van der Waals surface area contributed by atoms with Crippen molar-refractivity contribution in [1.29, 1.82) is 0 Å². The van der Waals surface area contributed by atoms with E-state index in [1.807, 2.05) is 0 Å². The first-order valence-electron chi connectivity index (χ1n) is 8.93. The first-order chi connectivity index (χ1) is 13.7. The molecule has 2 aromatic rings. The molecule has 0 unspecified atom stereocenters. The van der Waals surface area contributed by atoms with Crippen molar-refractivity contribution < 1.29 is 26.4 Å². The van der Waals surface area contributed by atoms with Crippen LogP contribution in [-0.4, -0.2) is 31.7 Å². The molecule has 1 N–H and O–H groups in total. The zero-order valence-electron chi connectivity index (χ0n) is 15.3. The molecule has 0 bridgehead atoms. The molecule has 2 aromatic carbocycles. The molecular weight excluding hydrogens is 405 g/mol. The fourth-order valence-corrected chi connectivity index (χ4v) is 4.48. The minimum absolute atomic E-state index is 0.150. The Morgan fingerprint density at radius 2 is 1.69 bits per heavy atom. The lowest BCUT2D eigenvalue weighted by Crippen LogP contribution is -2.27. The first kappa shape index (κ1) is 21.1. The van der Waals surface area contributed by atoms with Crippen molar-refractivity contribution in [3.63, 3.8) is 0 Å². The Hall–Kier alpha value is -2.65. The van der Waals surface area contributed by atoms with E-state index in [0.29, 0.717) is 18.8 Å². The summed E-state index contributed by atoms with van der Waals surface area (Å²) in [6, 6.07) is 10.4. The van der Waals surface area contributed by atoms with Crippen LogP contribution in [0.5, 0.6) is 0 Å². The highest BCUT2D eigenvalue weighted by atomic mass is 32.2. The lowest BCUT2D eigenvalue weighted by Gasteiger charge is -2.15. The van der Waals surface area contributed by atoms with E-state index in [1.165, 1.54) is 46.8 Å². The number of anilines is 1. The molecule has 1 aliphatic heterocycles. The van der Waals surface area contributed by atoms with E-state index in [2.05, 4.69) is 5.32 Å². The average molecular weight is 424 g/mol. The lowest BCUT2D eigenvalue weighted by molar-refractivity contribution is -0.137. The molecule has 0 saturated carbocycles. The number of sulfonamides is 1. The molecule has 1 fully saturated rings. The zero-order chi connectivity index (χ0) is 21.1. The quantitative estimate of drug-likeness (QED) is 0.734. The Kier molecular flexibility index (Phi) is 6.09. The number of hydrogen-bond donors (Lipinski definition) is 1. The van der Waals surface area contributed by atoms with E-state index in [9.17, 15) is 26.4 Å². The normalized spacial score (nSPS) is 15.7. The molecule has 1 saturated heterocycles. The summed E-state index contributed by atoms with van der Waals surface area (Å²) in [5.41, 5.74) is -0.180. The molecule has 0 spiro atoms. The zero-order valence-corrected chi connectivity index (χ0v) is 16.1. The van der Waals surface area contributed by atoms with Gasteiger partial charge in [-0.2, -0.15) is 17.5 Å². The maximum absolute atomic E-state index is 12.7. The molecule has 1 aliphatic rings. The van der Waals surface area contributed by atoms with Crippen LogP contribution < -0.4 is 5.32 Å². The second-order valence-electron chi connectivity index (χ2n) is 6.58. The third-order valence-corrected chi connectivity index (χ3v) is 6.38. The fourth-order valence-electron chi connectivity index (χ4n) is 2.96. The average Bonchev–Trinajstić information content (AvgIpc) is 3.22. The van der Waals surface area contributed by atoms with Crippen molar-refractivity contribution in [2.24, 2.45) is 0 Å². The largest absolute Gasteiger partial charge is 0.416 e. The maximum atomic E-state index is 12.7. The third kappa shape index (κ3) is 5.24. The van der Waals surface area contributed by atoms with Gasteiger partial charge in [-0.1, -0.05) is 12.1 Å². The number of hydrogen-bond acceptors (Lipinski definition) is 3. The van der Waals surface area contributed by atoms with Gasteiger partial charge in [0, 0.05) is 24.9 Å². The van der Waals surface area contributed by atoms with Crippen molar-refractivity contribution in [3.05, 3.63) is 65.7 Å². The summed E-state index contributed by atoms with van der Waals surface area (Å²) >= 11 is 0. The summed E-state index contributed by atoms with van der Waals surface area (Å²) in [5, 5.41) is 2.55. The number of carbonyl (C=O) groups excluding carboxylic acids is 1. The summed E-state index contributed by atoms with van der Waals surface area (Å²) in [5.74, 6) is -0.544. The molecule has 3 rings (SSSR count). The van der Waals surface area contributed by atoms with Crippen molar-refractivity contribution in [3.8, 4) is 0 Å². The minimum Gasteiger partial charge on any atom is -0.323 e. The van der Waals surface area contributed by atoms with Crippen molar-refractivity contribution in [2.45, 2.75) is 23.9 Å². The van der Waals surface area contributed by atoms with Gasteiger partial charge < -0.3 is 5.32 Å². The van der Waals surface area contributed by atoms with Gasteiger partial charge in [0.15, 0.2) is 0 Å². The number of nitrogens with one attached hydrogen (secondary N) is 1. The lowest BCUT2D eigenvalue weighted by atomic mass is 10.1. The van der Waals surface area contributed by atoms with Crippen LogP contribution in [0.1, 0.15) is 24.0 Å². The second-order valence-corrected chi connectivity index (χ2v) is 8.52. The van der Waals surface area contributed by atoms with E-state index in [-0.39, 0.29) is 10.5 Å². The van der Waals surface area contributed by atoms with Crippen molar-refractivity contribution in [2.75, 3.05) is 18.4 Å². The van der Waals surface area contributed by atoms with E-state index in [4.69, 9.17) is 0 Å². The van der Waals surface area contributed by atoms with Gasteiger partial charge in [0.25, 0.3) is 0 Å². The molecule has 5 nitrogen and oxygen atoms in total. The number of carbonyl (C=O) groups is 1. The van der Waals surface area contributed by atoms with Crippen LogP contribution in [-0.2, 0) is 21.0 Å². The number of halogens is 3. The molecule has 154 valence electrons. The fraction of sp³-hybridized carbons (Fsp3) is 0.250. The molecule has 9 heteroatoms. The summed E-state index contributed by atoms with van der Waals surface area (Å²) in [6.45, 7) is 1.00. The Morgan fingerprint density at radius 1 is 1.03 bits per heavy atom. The molecule has 0 radical (unpaired) electrons. The number of alkyl halides is 3. The van der Waals surface area contributed by atoms with E-state index in [1.54, 1.807) is 0 Å². The van der Waals surface area contributed by atoms with Crippen molar-refractivity contribution >= 4 is 27.7 Å². The molecule has 0 aromatic heterocycles. The maximum Gasteiger partial charge on any atom is 0.416 e. The molecular formula is C20H19F3N2O3S. The Labute approximate surface area is 166 Å². The van der Waals surface area contributed by atoms with Crippen LogP contribution in [0.25, 0.3) is 6.08 Å². The number of benzene rings is 2. The predicted octanol–water partition coefficient (Wildman–Crippen LogP) is 4.14. The highest BCUT2D eigenvalue weighted by Crippen LogP contribution is 2.29. The highest BCUT2D eigenvalue weighted by molar-refractivity contribution is 7.89. The van der Waals surface area contributed by atoms with E-state index in [0.717, 1.165) is 31.1 Å². The SMILES string of the molecule is O=C(/C=C/c1cccc(C(F)(F)F)c1)Nc1ccc(S(=O)(=O)N2CCCC2)cc1. The molecule has 29 heavy (non-hydrogen) atoms. The van der Waals surface area contributed by atoms with Gasteiger partial charge in [-0.3, -0.25) is 4.79 Å². The van der Waals surface area contributed by atoms with Gasteiger partial charge >= 0.3 is 6.18 Å². The second kappa shape index (κ2) is 8.38. The van der Waals surface area contributed by atoms with Gasteiger partial charge in [0.2, 0.25) is 15.9 Å². The van der Waals surface area contributed by atoms with E-state index < -0.39 is 27.7 Å². The van der Waals surface area contributed by atoms with Gasteiger partial charge in [-0.25, -0.2) is 8.42 Å². The first-order valence-corrected chi connectivity index (χ1v) is 10.4. The Balaban J connectivity index is 1.65. The third-order valence-electron chi connectivity index (χ3n) is 4.47. The van der Waals surface area contributed by atoms with Gasteiger partial charge in [0.1, 0.15) is 0 Å². The van der Waals surface area contributed by atoms with Gasteiger partial charge in [0.05, 0.1) is 10.5 Å². The molecule has 1 heterocycles. The van der Waals surface area contributed by atoms with Gasteiger partial charge in [-0.15, -0.1) is 0 Å². The standard InChI is InChI=1S/C20H19F3N2O3S/c21-20(22,23)16-5-3-4-15(14-16)6-11-19(26)24-17-7-9-18(10-8-17)29(27,28)25-12-1-2-13-25/h3-11,14H,1-2,12-13H2,(H,24,26)/b11-6+. The van der Waals surface area contributed by atoms with Crippen LogP contribution in [0, 0.1) is 0 Å². The highest BCUT2D eigenvalue weighted by Gasteiger charge is 2.30. The topological polar surface area (TPSA) is 66.5 Å². The Morgan fingerprint density at radius 3 is 2.31 bits per heavy atom. The summed E-state index contributed by atoms with van der Waals surface area (Å²) < 4.78 is 64.5. The predicted molar refractivity (Wildman–Crippen MR) is 104 cm³/mol. The van der Waals surface area contributed by atoms with Crippen LogP contribution >= 0.6 is 0 Å². The summed E-state index contributed by atoms with van der Waals surface area (Å²) in [6.07, 6.45) is -0.387. The smallest absolute Gasteiger partial charge is 0.323 e. The van der Waals surface area contributed by atoms with Crippen LogP contribution in [0.2, 0.25) is 0 Å². The molecule has 1 amide bonds.